The molecule has 3 aliphatic carbocycles. The maximum atomic E-state index is 14.5. The van der Waals surface area contributed by atoms with Crippen molar-refractivity contribution in [2.75, 3.05) is 30.4 Å². The van der Waals surface area contributed by atoms with Crippen molar-refractivity contribution in [1.82, 2.24) is 19.9 Å². The lowest BCUT2D eigenvalue weighted by Crippen LogP contribution is -2.30. The van der Waals surface area contributed by atoms with Crippen molar-refractivity contribution in [3.8, 4) is 22.9 Å². The highest BCUT2D eigenvalue weighted by molar-refractivity contribution is 5.88. The molecule has 2 saturated carbocycles. The molecule has 7 rings (SSSR count). The van der Waals surface area contributed by atoms with Gasteiger partial charge in [-0.2, -0.15) is 9.97 Å². The Morgan fingerprint density at radius 2 is 1.97 bits per heavy atom. The van der Waals surface area contributed by atoms with E-state index in [-0.39, 0.29) is 23.3 Å². The predicted octanol–water partition coefficient (Wildman–Crippen LogP) is 3.62. The second-order valence-electron chi connectivity index (χ2n) is 10.1. The van der Waals surface area contributed by atoms with Crippen molar-refractivity contribution in [3.05, 3.63) is 47.4 Å². The number of halogens is 1. The summed E-state index contributed by atoms with van der Waals surface area (Å²) in [5.74, 6) is 2.32. The van der Waals surface area contributed by atoms with E-state index in [2.05, 4.69) is 20.2 Å². The Morgan fingerprint density at radius 1 is 1.18 bits per heavy atom. The predicted molar refractivity (Wildman–Crippen MR) is 126 cm³/mol. The highest BCUT2D eigenvalue weighted by atomic mass is 19.1. The minimum Gasteiger partial charge on any atom is -0.421 e. The Bertz CT molecular complexity index is 1300. The third-order valence-electron chi connectivity index (χ3n) is 7.74. The first-order chi connectivity index (χ1) is 16.5. The molecule has 1 saturated heterocycles. The summed E-state index contributed by atoms with van der Waals surface area (Å²) in [6, 6.07) is 3.47. The third kappa shape index (κ3) is 3.14. The second kappa shape index (κ2) is 7.09. The van der Waals surface area contributed by atoms with Crippen LogP contribution in [0.3, 0.4) is 0 Å². The number of fused-ring (bicyclic) bond motifs is 3. The van der Waals surface area contributed by atoms with E-state index < -0.39 is 0 Å². The molecule has 3 heterocycles. The minimum absolute atomic E-state index is 0.104. The Morgan fingerprint density at radius 3 is 2.65 bits per heavy atom. The molecule has 2 aromatic heterocycles. The van der Waals surface area contributed by atoms with Crippen molar-refractivity contribution >= 4 is 11.5 Å². The summed E-state index contributed by atoms with van der Waals surface area (Å²) >= 11 is 0. The number of nitrogens with one attached hydrogen (secondary N) is 1. The van der Waals surface area contributed by atoms with Crippen LogP contribution in [0.25, 0.3) is 11.1 Å². The third-order valence-corrected chi connectivity index (χ3v) is 7.74. The smallest absolute Gasteiger partial charge is 0.324 e. The molecule has 1 spiro atoms. The Hall–Kier alpha value is -3.33. The maximum absolute atomic E-state index is 14.5. The molecule has 174 valence electrons. The fourth-order valence-corrected chi connectivity index (χ4v) is 5.47. The van der Waals surface area contributed by atoms with E-state index in [0.717, 1.165) is 71.9 Å². The molecule has 1 aliphatic heterocycles. The van der Waals surface area contributed by atoms with Gasteiger partial charge in [0.2, 0.25) is 0 Å². The van der Waals surface area contributed by atoms with E-state index >= 15 is 0 Å². The van der Waals surface area contributed by atoms with Crippen LogP contribution in [0.15, 0.2) is 24.5 Å². The van der Waals surface area contributed by atoms with Crippen LogP contribution in [0.4, 0.5) is 15.9 Å². The van der Waals surface area contributed by atoms with Crippen LogP contribution in [0.2, 0.25) is 0 Å². The standard InChI is InChI=1S/C25H26FN7O/c1-28-18-7-14(26)6-17-16(18)8-19-21(17)23(33-11-20(27)25(12-33)4-5-25)32-24(31-19)34-15-9-29-22(30-10-15)13-2-3-13/h6-7,9-10,13,20,28H,2-5,8,11-12,27H2,1H3/t20-/m0/s1. The lowest BCUT2D eigenvalue weighted by atomic mass is 10.0. The molecule has 0 radical (unpaired) electrons. The molecular formula is C25H26FN7O. The molecule has 3 N–H and O–H groups in total. The summed E-state index contributed by atoms with van der Waals surface area (Å²) in [7, 11) is 1.81. The van der Waals surface area contributed by atoms with Crippen molar-refractivity contribution in [3.63, 3.8) is 0 Å². The summed E-state index contributed by atoms with van der Waals surface area (Å²) in [4.78, 5) is 20.7. The zero-order valence-electron chi connectivity index (χ0n) is 19.0. The zero-order valence-corrected chi connectivity index (χ0v) is 19.0. The lowest BCUT2D eigenvalue weighted by Gasteiger charge is -2.21. The van der Waals surface area contributed by atoms with E-state index in [0.29, 0.717) is 24.6 Å². The fourth-order valence-electron chi connectivity index (χ4n) is 5.47. The number of rotatable bonds is 5. The molecule has 0 bridgehead atoms. The average Bonchev–Trinajstić information content (AvgIpc) is 3.74. The van der Waals surface area contributed by atoms with Crippen molar-refractivity contribution in [1.29, 1.82) is 0 Å². The van der Waals surface area contributed by atoms with Gasteiger partial charge in [0.15, 0.2) is 5.75 Å². The number of nitrogens with two attached hydrogens (primary N) is 1. The summed E-state index contributed by atoms with van der Waals surface area (Å²) < 4.78 is 20.6. The van der Waals surface area contributed by atoms with Crippen molar-refractivity contribution in [2.24, 2.45) is 11.1 Å². The molecular weight excluding hydrogens is 433 g/mol. The number of aromatic nitrogens is 4. The SMILES string of the molecule is CNc1cc(F)cc2c1Cc1nc(Oc3cnc(C4CC4)nc3)nc(N3C[C@H](N)C4(CC4)C3)c1-2. The highest BCUT2D eigenvalue weighted by Crippen LogP contribution is 2.54. The molecule has 0 amide bonds. The molecule has 9 heteroatoms. The molecule has 3 fully saturated rings. The number of nitrogens with zero attached hydrogens (tertiary/aromatic N) is 5. The van der Waals surface area contributed by atoms with E-state index in [1.54, 1.807) is 25.5 Å². The first-order valence-electron chi connectivity index (χ1n) is 11.9. The first kappa shape index (κ1) is 20.1. The van der Waals surface area contributed by atoms with Gasteiger partial charge in [0.05, 0.1) is 18.1 Å². The Balaban J connectivity index is 1.31. The topological polar surface area (TPSA) is 102 Å². The van der Waals surface area contributed by atoms with Gasteiger partial charge in [-0.3, -0.25) is 0 Å². The number of ether oxygens (including phenoxy) is 1. The molecule has 1 aromatic carbocycles. The average molecular weight is 460 g/mol. The Kier molecular flexibility index (Phi) is 4.18. The first-order valence-corrected chi connectivity index (χ1v) is 11.9. The van der Waals surface area contributed by atoms with Crippen LogP contribution in [-0.2, 0) is 6.42 Å². The van der Waals surface area contributed by atoms with Crippen LogP contribution in [0.5, 0.6) is 11.8 Å². The van der Waals surface area contributed by atoms with Gasteiger partial charge in [-0.25, -0.2) is 14.4 Å². The van der Waals surface area contributed by atoms with Crippen molar-refractivity contribution < 1.29 is 9.13 Å². The normalized spacial score (nSPS) is 21.5. The van der Waals surface area contributed by atoms with Crippen molar-refractivity contribution in [2.45, 2.75) is 44.1 Å². The summed E-state index contributed by atoms with van der Waals surface area (Å²) in [6.45, 7) is 1.56. The molecule has 3 aromatic rings. The van der Waals surface area contributed by atoms with E-state index in [1.165, 1.54) is 6.07 Å². The van der Waals surface area contributed by atoms with Crippen LogP contribution in [0, 0.1) is 11.2 Å². The fraction of sp³-hybridized carbons (Fsp3) is 0.440. The molecule has 8 nitrogen and oxygen atoms in total. The van der Waals surface area contributed by atoms with Crippen LogP contribution < -0.4 is 20.7 Å². The van der Waals surface area contributed by atoms with Gasteiger partial charge in [-0.1, -0.05) is 0 Å². The van der Waals surface area contributed by atoms with Crippen LogP contribution >= 0.6 is 0 Å². The monoisotopic (exact) mass is 459 g/mol. The van der Waals surface area contributed by atoms with Crippen LogP contribution in [0.1, 0.15) is 48.7 Å². The van der Waals surface area contributed by atoms with Gasteiger partial charge < -0.3 is 20.7 Å². The van der Waals surface area contributed by atoms with Gasteiger partial charge in [-0.15, -0.1) is 0 Å². The number of hydrogen-bond donors (Lipinski definition) is 2. The Labute approximate surface area is 196 Å². The number of anilines is 2. The number of hydrogen-bond acceptors (Lipinski definition) is 8. The summed E-state index contributed by atoms with van der Waals surface area (Å²) in [5.41, 5.74) is 11.0. The summed E-state index contributed by atoms with van der Waals surface area (Å²) in [6.07, 6.45) is 8.52. The molecule has 4 aliphatic rings. The van der Waals surface area contributed by atoms with Gasteiger partial charge in [-0.05, 0) is 48.9 Å². The van der Waals surface area contributed by atoms with Gasteiger partial charge in [0.25, 0.3) is 0 Å². The largest absolute Gasteiger partial charge is 0.421 e. The minimum atomic E-state index is -0.285. The second-order valence-corrected chi connectivity index (χ2v) is 10.1. The zero-order chi connectivity index (χ0) is 23.0. The number of benzene rings is 1. The van der Waals surface area contributed by atoms with E-state index in [9.17, 15) is 4.39 Å². The van der Waals surface area contributed by atoms with E-state index in [4.69, 9.17) is 20.4 Å². The summed E-state index contributed by atoms with van der Waals surface area (Å²) in [5, 5.41) is 3.13. The van der Waals surface area contributed by atoms with E-state index in [1.807, 2.05) is 0 Å². The van der Waals surface area contributed by atoms with Gasteiger partial charge in [0, 0.05) is 55.2 Å². The maximum Gasteiger partial charge on any atom is 0.324 e. The molecule has 1 atom stereocenters. The quantitative estimate of drug-likeness (QED) is 0.467. The van der Waals surface area contributed by atoms with Gasteiger partial charge in [0.1, 0.15) is 17.5 Å². The lowest BCUT2D eigenvalue weighted by molar-refractivity contribution is 0.435. The van der Waals surface area contributed by atoms with Crippen LogP contribution in [-0.4, -0.2) is 46.1 Å². The molecule has 34 heavy (non-hydrogen) atoms. The highest BCUT2D eigenvalue weighted by Gasteiger charge is 2.54. The van der Waals surface area contributed by atoms with Gasteiger partial charge >= 0.3 is 6.01 Å². The molecule has 0 unspecified atom stereocenters.